The van der Waals surface area contributed by atoms with Crippen molar-refractivity contribution >= 4 is 105 Å². The fourth-order valence-corrected chi connectivity index (χ4v) is 13.2. The maximum Gasteiger partial charge on any atom is 0.317 e. The van der Waals surface area contributed by atoms with Crippen molar-refractivity contribution in [3.05, 3.63) is 124 Å². The molecule has 3 fully saturated rings. The lowest BCUT2D eigenvalue weighted by Crippen LogP contribution is -2.52. The molecule has 0 aliphatic carbocycles. The number of hydrogen-bond donors (Lipinski definition) is 10. The third-order valence-electron chi connectivity index (χ3n) is 19.4. The second-order valence-electron chi connectivity index (χ2n) is 27.8. The SMILES string of the molecule is [C-]#[N+][C@@H]1CC(F)(F)CN1C(=O)CNC(=O)c1ccnc2ccc(OCCCCNc3c(NCCNC(=O)[C@H](CCC(=O)NCCNc4c(NCCCCOc5ccc6nccc(C(=O)NCC(=O)N7CC(F)(F)C[C@H]7C#N)c6c5)c(=O)c4=O)NC(=O)CN4CCN(COC=O)CCN(COC=O)CCN(CC(=O)O)CC4)c(=O)c3=O)cc12. The number of fused-ring (bicyclic) bond motifs is 2. The summed E-state index contributed by atoms with van der Waals surface area (Å²) in [5.41, 5.74) is -2.10. The van der Waals surface area contributed by atoms with Crippen LogP contribution in [0.2, 0.25) is 0 Å². The number of unbranched alkanes of at least 4 members (excludes halogenated alkanes) is 2. The maximum absolute atomic E-state index is 14.1. The standard InChI is InChI=1S/C75H89F4N19O19/c1-81-57-35-75(78,79)42-98(57)61(104)38-91-72(112)51-13-17-83-55-9-7-49(33-53(51)55)117-31-5-3-15-86-64-66(70(110)68(64)108)88-20-21-89-73(113)56(92-59(102)39-93-22-23-94(40-62(105)106)25-27-96(44-115-46-100)29-28-95(26-24-93)43-114-45-99)10-11-58(101)84-18-19-87-65-63(67(107)69(65)109)85-14-2-4-30-116-48-6-8-54-52(32-48)50(12-16-82-54)71(111)90-37-60(103)97-41-74(76,77)34-47(97)36-80/h6-9,12-13,16-17,32-33,45-47,56-57,85-88H,2-5,10-11,14-15,18-31,34-35,37-44H2,(H,84,101)(H,89,113)(H,90,111)(H,91,112)(H,92,102)(H,105,106)/t47-,56-,57-/m0/s1. The Morgan fingerprint density at radius 1 is 0.573 bits per heavy atom. The van der Waals surface area contributed by atoms with Gasteiger partial charge in [0.25, 0.3) is 58.3 Å². The first kappa shape index (κ1) is 88.4. The summed E-state index contributed by atoms with van der Waals surface area (Å²) in [6.07, 6.45) is 1.02. The Bertz CT molecular complexity index is 4800. The summed E-state index contributed by atoms with van der Waals surface area (Å²) in [4.78, 5) is 199. The van der Waals surface area contributed by atoms with E-state index in [1.54, 1.807) is 62.1 Å². The molecular weight excluding hydrogens is 1550 g/mol. The van der Waals surface area contributed by atoms with Crippen LogP contribution in [0.15, 0.2) is 80.1 Å². The molecular formula is C75H89F4N19O19. The number of hydrogen-bond acceptors (Lipinski definition) is 29. The van der Waals surface area contributed by atoms with Gasteiger partial charge in [-0.1, -0.05) is 0 Å². The molecule has 117 heavy (non-hydrogen) atoms. The number of pyridine rings is 2. The molecule has 3 saturated heterocycles. The molecule has 9 rings (SSSR count). The van der Waals surface area contributed by atoms with Gasteiger partial charge in [-0.25, -0.2) is 24.1 Å². The summed E-state index contributed by atoms with van der Waals surface area (Å²) in [5, 5.41) is 44.4. The van der Waals surface area contributed by atoms with Gasteiger partial charge in [-0.15, -0.1) is 0 Å². The summed E-state index contributed by atoms with van der Waals surface area (Å²) in [6, 6.07) is 11.5. The number of carbonyl (C=O) groups excluding carboxylic acids is 9. The number of carbonyl (C=O) groups is 10. The molecule has 10 N–H and O–H groups in total. The van der Waals surface area contributed by atoms with Crippen molar-refractivity contribution in [2.75, 3.05) is 179 Å². The van der Waals surface area contributed by atoms with Gasteiger partial charge in [-0.2, -0.15) is 5.26 Å². The summed E-state index contributed by atoms with van der Waals surface area (Å²) in [6.45, 7) is 5.94. The van der Waals surface area contributed by atoms with E-state index in [4.69, 9.17) is 25.5 Å². The highest BCUT2D eigenvalue weighted by Gasteiger charge is 2.51. The van der Waals surface area contributed by atoms with Crippen molar-refractivity contribution in [3.63, 3.8) is 0 Å². The molecule has 5 heterocycles. The van der Waals surface area contributed by atoms with Gasteiger partial charge >= 0.3 is 12.1 Å². The van der Waals surface area contributed by atoms with E-state index >= 15 is 0 Å². The van der Waals surface area contributed by atoms with Gasteiger partial charge < -0.3 is 76.8 Å². The second kappa shape index (κ2) is 42.7. The van der Waals surface area contributed by atoms with Crippen molar-refractivity contribution in [3.8, 4) is 17.6 Å². The normalized spacial score (nSPS) is 16.9. The number of halogens is 4. The topological polar surface area (TPSA) is 478 Å². The number of aliphatic carboxylic acids is 1. The fraction of sp³-hybridized carbons (Fsp3) is 0.493. The first-order chi connectivity index (χ1) is 56.2. The Balaban J connectivity index is 0.741. The van der Waals surface area contributed by atoms with Crippen LogP contribution in [0.25, 0.3) is 26.7 Å². The van der Waals surface area contributed by atoms with Crippen LogP contribution in [-0.4, -0.2) is 292 Å². The lowest BCUT2D eigenvalue weighted by atomic mass is 10.1. The number of alkyl halides is 4. The van der Waals surface area contributed by atoms with E-state index in [0.29, 0.717) is 72.1 Å². The number of carboxylic acids is 1. The Kier molecular flexibility index (Phi) is 32.3. The van der Waals surface area contributed by atoms with Crippen molar-refractivity contribution in [2.24, 2.45) is 0 Å². The quantitative estimate of drug-likeness (QED) is 0.00754. The van der Waals surface area contributed by atoms with E-state index < -0.39 is 138 Å². The highest BCUT2D eigenvalue weighted by Crippen LogP contribution is 2.34. The number of anilines is 4. The first-order valence-corrected chi connectivity index (χ1v) is 37.6. The third-order valence-corrected chi connectivity index (χ3v) is 19.4. The third kappa shape index (κ3) is 25.5. The first-order valence-electron chi connectivity index (χ1n) is 37.6. The minimum Gasteiger partial charge on any atom is -0.494 e. The zero-order valence-electron chi connectivity index (χ0n) is 63.6. The number of nitrogens with zero attached hydrogens (tertiary/aromatic N) is 10. The molecule has 6 aromatic rings. The molecule has 626 valence electrons. The lowest BCUT2D eigenvalue weighted by molar-refractivity contribution is -0.139. The summed E-state index contributed by atoms with van der Waals surface area (Å²) < 4.78 is 77.8. The molecule has 4 aromatic carbocycles. The predicted octanol–water partition coefficient (Wildman–Crippen LogP) is -0.562. The number of amides is 7. The minimum atomic E-state index is -3.23. The van der Waals surface area contributed by atoms with Crippen LogP contribution in [0, 0.1) is 17.9 Å². The van der Waals surface area contributed by atoms with Crippen molar-refractivity contribution in [2.45, 2.75) is 81.5 Å². The number of likely N-dealkylation sites (tertiary alicyclic amines) is 2. The molecule has 3 aliphatic rings. The number of ether oxygens (including phenoxy) is 4. The summed E-state index contributed by atoms with van der Waals surface area (Å²) in [5.74, 6) is -11.9. The van der Waals surface area contributed by atoms with E-state index in [1.165, 1.54) is 24.5 Å². The van der Waals surface area contributed by atoms with Crippen molar-refractivity contribution in [1.29, 1.82) is 5.26 Å². The van der Waals surface area contributed by atoms with E-state index in [2.05, 4.69) is 62.7 Å². The molecule has 3 aliphatic heterocycles. The number of aromatic nitrogens is 2. The highest BCUT2D eigenvalue weighted by molar-refractivity contribution is 6.08. The van der Waals surface area contributed by atoms with Gasteiger partial charge in [0, 0.05) is 128 Å². The molecule has 7 amide bonds. The van der Waals surface area contributed by atoms with Gasteiger partial charge in [0.15, 0.2) is 0 Å². The van der Waals surface area contributed by atoms with Gasteiger partial charge in [0.1, 0.15) is 66.2 Å². The molecule has 2 aromatic heterocycles. The number of carboxylic acid groups (broad SMARTS) is 1. The summed E-state index contributed by atoms with van der Waals surface area (Å²) in [7, 11) is 0. The van der Waals surface area contributed by atoms with Gasteiger partial charge in [-0.3, -0.25) is 106 Å². The zero-order valence-corrected chi connectivity index (χ0v) is 63.6. The van der Waals surface area contributed by atoms with Crippen LogP contribution in [0.3, 0.4) is 0 Å². The molecule has 0 bridgehead atoms. The van der Waals surface area contributed by atoms with E-state index in [1.807, 2.05) is 0 Å². The van der Waals surface area contributed by atoms with Crippen LogP contribution in [0.5, 0.6) is 11.5 Å². The zero-order chi connectivity index (χ0) is 84.2. The van der Waals surface area contributed by atoms with Crippen molar-refractivity contribution < 1.29 is 89.6 Å². The Morgan fingerprint density at radius 2 is 1.02 bits per heavy atom. The number of nitriles is 1. The fourth-order valence-electron chi connectivity index (χ4n) is 13.2. The van der Waals surface area contributed by atoms with Crippen molar-refractivity contribution in [1.82, 2.24) is 66.0 Å². The molecule has 3 atom stereocenters. The minimum absolute atomic E-state index is 0.00387. The Morgan fingerprint density at radius 3 is 1.49 bits per heavy atom. The second-order valence-corrected chi connectivity index (χ2v) is 27.8. The summed E-state index contributed by atoms with van der Waals surface area (Å²) >= 11 is 0. The molecule has 0 saturated carbocycles. The molecule has 42 heteroatoms. The van der Waals surface area contributed by atoms with Crippen LogP contribution >= 0.6 is 0 Å². The molecule has 0 spiro atoms. The number of rotatable bonds is 43. The molecule has 38 nitrogen and oxygen atoms in total. The average Bonchev–Trinajstić information content (AvgIpc) is 1.72. The monoisotopic (exact) mass is 1640 g/mol. The Labute approximate surface area is 665 Å². The maximum atomic E-state index is 14.1. The predicted molar refractivity (Wildman–Crippen MR) is 412 cm³/mol. The van der Waals surface area contributed by atoms with Gasteiger partial charge in [0.05, 0.1) is 80.7 Å². The molecule has 0 radical (unpaired) electrons. The van der Waals surface area contributed by atoms with Crippen LogP contribution in [-0.2, 0) is 47.8 Å². The van der Waals surface area contributed by atoms with E-state index in [-0.39, 0.29) is 178 Å². The smallest absolute Gasteiger partial charge is 0.317 e. The largest absolute Gasteiger partial charge is 0.494 e. The van der Waals surface area contributed by atoms with E-state index in [9.17, 15) is 95.1 Å². The lowest BCUT2D eigenvalue weighted by Gasteiger charge is -2.33. The van der Waals surface area contributed by atoms with Crippen LogP contribution in [0.1, 0.15) is 72.1 Å². The average molecular weight is 1640 g/mol. The van der Waals surface area contributed by atoms with Gasteiger partial charge in [0.2, 0.25) is 29.5 Å². The molecule has 0 unspecified atom stereocenters. The van der Waals surface area contributed by atoms with Gasteiger partial charge in [-0.05, 0) is 80.6 Å². The number of benzene rings is 2. The highest BCUT2D eigenvalue weighted by atomic mass is 19.3. The van der Waals surface area contributed by atoms with Crippen LogP contribution in [0.4, 0.5) is 40.3 Å². The Hall–Kier alpha value is -12.5. The van der Waals surface area contributed by atoms with E-state index in [0.717, 1.165) is 9.80 Å². The van der Waals surface area contributed by atoms with Crippen LogP contribution < -0.4 is 79.0 Å². The number of nitrogens with one attached hydrogen (secondary N) is 9.